The summed E-state index contributed by atoms with van der Waals surface area (Å²) in [5, 5.41) is 0.704. The molecular weight excluding hydrogens is 363 g/mol. The summed E-state index contributed by atoms with van der Waals surface area (Å²) in [6.45, 7) is 1.82. The Morgan fingerprint density at radius 3 is 2.62 bits per heavy atom. The van der Waals surface area contributed by atoms with E-state index in [2.05, 4.69) is 9.97 Å². The largest absolute Gasteiger partial charge is 0.416 e. The molecule has 0 aliphatic heterocycles. The van der Waals surface area contributed by atoms with E-state index in [-0.39, 0.29) is 5.69 Å². The number of aryl methyl sites for hydroxylation is 1. The van der Waals surface area contributed by atoms with Crippen LogP contribution >= 0.6 is 11.3 Å². The summed E-state index contributed by atoms with van der Waals surface area (Å²) in [7, 11) is 0. The fourth-order valence-corrected chi connectivity index (χ4v) is 3.59. The van der Waals surface area contributed by atoms with Crippen molar-refractivity contribution in [2.75, 3.05) is 0 Å². The number of benzene rings is 1. The molecule has 8 heteroatoms. The van der Waals surface area contributed by atoms with E-state index in [1.165, 1.54) is 29.7 Å². The number of primary amides is 1. The van der Waals surface area contributed by atoms with Gasteiger partial charge in [-0.05, 0) is 30.7 Å². The minimum absolute atomic E-state index is 0.167. The van der Waals surface area contributed by atoms with E-state index in [0.29, 0.717) is 17.0 Å². The molecule has 0 unspecified atom stereocenters. The second kappa shape index (κ2) is 6.87. The zero-order valence-corrected chi connectivity index (χ0v) is 14.5. The molecule has 0 fully saturated rings. The summed E-state index contributed by atoms with van der Waals surface area (Å²) >= 11 is 1.39. The van der Waals surface area contributed by atoms with Crippen LogP contribution in [-0.4, -0.2) is 15.9 Å². The summed E-state index contributed by atoms with van der Waals surface area (Å²) in [6.07, 6.45) is -2.52. The van der Waals surface area contributed by atoms with E-state index in [9.17, 15) is 18.0 Å². The summed E-state index contributed by atoms with van der Waals surface area (Å²) < 4.78 is 38.5. The summed E-state index contributed by atoms with van der Waals surface area (Å²) in [6, 6.07) is 8.49. The minimum Gasteiger partial charge on any atom is -0.364 e. The summed E-state index contributed by atoms with van der Waals surface area (Å²) in [4.78, 5) is 20.4. The van der Waals surface area contributed by atoms with Gasteiger partial charge in [-0.1, -0.05) is 18.2 Å². The molecule has 2 aromatic heterocycles. The first-order valence-corrected chi connectivity index (χ1v) is 8.44. The zero-order valence-electron chi connectivity index (χ0n) is 13.7. The fraction of sp³-hybridized carbons (Fsp3) is 0.167. The van der Waals surface area contributed by atoms with Crippen LogP contribution < -0.4 is 5.73 Å². The lowest BCUT2D eigenvalue weighted by molar-refractivity contribution is -0.137. The van der Waals surface area contributed by atoms with Crippen LogP contribution in [0.2, 0.25) is 0 Å². The van der Waals surface area contributed by atoms with Crippen molar-refractivity contribution in [1.82, 2.24) is 9.97 Å². The molecule has 0 saturated heterocycles. The van der Waals surface area contributed by atoms with Crippen LogP contribution in [0.15, 0.2) is 42.6 Å². The van der Waals surface area contributed by atoms with Gasteiger partial charge in [0.25, 0.3) is 5.91 Å². The lowest BCUT2D eigenvalue weighted by atomic mass is 10.1. The van der Waals surface area contributed by atoms with E-state index in [1.807, 2.05) is 6.92 Å². The quantitative estimate of drug-likeness (QED) is 0.740. The van der Waals surface area contributed by atoms with Gasteiger partial charge in [-0.25, -0.2) is 4.98 Å². The second-order valence-corrected chi connectivity index (χ2v) is 6.78. The SMILES string of the molecule is Cc1nc(Cc2cccc(C(F)(F)F)c2)sc1-c1ccc(C(N)=O)nc1. The van der Waals surface area contributed by atoms with E-state index < -0.39 is 17.6 Å². The van der Waals surface area contributed by atoms with Crippen LogP contribution in [0.4, 0.5) is 13.2 Å². The van der Waals surface area contributed by atoms with Crippen molar-refractivity contribution in [3.05, 3.63) is 70.1 Å². The van der Waals surface area contributed by atoms with E-state index in [0.717, 1.165) is 28.3 Å². The first kappa shape index (κ1) is 18.1. The Kier molecular flexibility index (Phi) is 4.78. The van der Waals surface area contributed by atoms with Crippen LogP contribution in [-0.2, 0) is 12.6 Å². The molecule has 2 N–H and O–H groups in total. The van der Waals surface area contributed by atoms with Crippen molar-refractivity contribution in [2.24, 2.45) is 5.73 Å². The van der Waals surface area contributed by atoms with Gasteiger partial charge < -0.3 is 5.73 Å². The maximum atomic E-state index is 12.8. The highest BCUT2D eigenvalue weighted by atomic mass is 32.1. The number of hydrogen-bond donors (Lipinski definition) is 1. The van der Waals surface area contributed by atoms with Crippen molar-refractivity contribution in [3.8, 4) is 10.4 Å². The Hall–Kier alpha value is -2.74. The monoisotopic (exact) mass is 377 g/mol. The van der Waals surface area contributed by atoms with Crippen molar-refractivity contribution in [1.29, 1.82) is 0 Å². The smallest absolute Gasteiger partial charge is 0.364 e. The molecule has 3 rings (SSSR count). The molecule has 0 aliphatic carbocycles. The van der Waals surface area contributed by atoms with Crippen LogP contribution in [0.25, 0.3) is 10.4 Å². The number of carbonyl (C=O) groups is 1. The number of carbonyl (C=O) groups excluding carboxylic acids is 1. The van der Waals surface area contributed by atoms with E-state index >= 15 is 0 Å². The third-order valence-corrected chi connectivity index (χ3v) is 4.94. The Bertz CT molecular complexity index is 949. The number of nitrogens with zero attached hydrogens (tertiary/aromatic N) is 2. The predicted molar refractivity (Wildman–Crippen MR) is 92.8 cm³/mol. The second-order valence-electron chi connectivity index (χ2n) is 5.69. The molecule has 0 saturated carbocycles. The highest BCUT2D eigenvalue weighted by Crippen LogP contribution is 2.32. The lowest BCUT2D eigenvalue weighted by Gasteiger charge is -2.07. The maximum Gasteiger partial charge on any atom is 0.416 e. The van der Waals surface area contributed by atoms with Gasteiger partial charge in [-0.15, -0.1) is 11.3 Å². The molecule has 0 radical (unpaired) electrons. The molecule has 1 amide bonds. The molecule has 3 aromatic rings. The molecule has 134 valence electrons. The molecule has 0 spiro atoms. The van der Waals surface area contributed by atoms with Gasteiger partial charge >= 0.3 is 6.18 Å². The van der Waals surface area contributed by atoms with Crippen molar-refractivity contribution >= 4 is 17.2 Å². The van der Waals surface area contributed by atoms with E-state index in [4.69, 9.17) is 5.73 Å². The predicted octanol–water partition coefficient (Wildman–Crippen LogP) is 4.22. The molecule has 0 atom stereocenters. The average molecular weight is 377 g/mol. The minimum atomic E-state index is -4.37. The highest BCUT2D eigenvalue weighted by Gasteiger charge is 2.30. The molecule has 26 heavy (non-hydrogen) atoms. The number of amides is 1. The number of thiazole rings is 1. The van der Waals surface area contributed by atoms with Gasteiger partial charge in [0.05, 0.1) is 21.1 Å². The normalized spacial score (nSPS) is 11.5. The van der Waals surface area contributed by atoms with Crippen LogP contribution in [0, 0.1) is 6.92 Å². The standard InChI is InChI=1S/C18H14F3N3OS/c1-10-16(12-5-6-14(17(22)25)23-9-12)26-15(24-10)8-11-3-2-4-13(7-11)18(19,20)21/h2-7,9H,8H2,1H3,(H2,22,25). The van der Waals surface area contributed by atoms with Gasteiger partial charge in [-0.3, -0.25) is 9.78 Å². The highest BCUT2D eigenvalue weighted by molar-refractivity contribution is 7.15. The van der Waals surface area contributed by atoms with Gasteiger partial charge in [0.1, 0.15) is 5.69 Å². The number of nitrogens with two attached hydrogens (primary N) is 1. The Morgan fingerprint density at radius 2 is 2.00 bits per heavy atom. The van der Waals surface area contributed by atoms with E-state index in [1.54, 1.807) is 12.1 Å². The van der Waals surface area contributed by atoms with Crippen LogP contribution in [0.5, 0.6) is 0 Å². The van der Waals surface area contributed by atoms with Gasteiger partial charge in [0.15, 0.2) is 0 Å². The van der Waals surface area contributed by atoms with Gasteiger partial charge in [0.2, 0.25) is 0 Å². The number of rotatable bonds is 4. The molecular formula is C18H14F3N3OS. The summed E-state index contributed by atoms with van der Waals surface area (Å²) in [5.74, 6) is -0.609. The Labute approximate surface area is 151 Å². The number of halogens is 3. The zero-order chi connectivity index (χ0) is 18.9. The topological polar surface area (TPSA) is 68.9 Å². The van der Waals surface area contributed by atoms with Crippen molar-refractivity contribution in [3.63, 3.8) is 0 Å². The van der Waals surface area contributed by atoms with Crippen LogP contribution in [0.3, 0.4) is 0 Å². The van der Waals surface area contributed by atoms with Gasteiger partial charge in [-0.2, -0.15) is 13.2 Å². The third kappa shape index (κ3) is 3.91. The first-order chi connectivity index (χ1) is 12.2. The van der Waals surface area contributed by atoms with Crippen molar-refractivity contribution in [2.45, 2.75) is 19.5 Å². The number of pyridine rings is 1. The molecule has 1 aromatic carbocycles. The van der Waals surface area contributed by atoms with Crippen LogP contribution in [0.1, 0.15) is 32.3 Å². The van der Waals surface area contributed by atoms with Gasteiger partial charge in [0, 0.05) is 18.2 Å². The molecule has 2 heterocycles. The summed E-state index contributed by atoms with van der Waals surface area (Å²) in [5.41, 5.74) is 6.75. The lowest BCUT2D eigenvalue weighted by Crippen LogP contribution is -2.12. The number of alkyl halides is 3. The average Bonchev–Trinajstić information content (AvgIpc) is 2.94. The molecule has 0 bridgehead atoms. The fourth-order valence-electron chi connectivity index (χ4n) is 2.50. The maximum absolute atomic E-state index is 12.8. The Morgan fingerprint density at radius 1 is 1.23 bits per heavy atom. The molecule has 4 nitrogen and oxygen atoms in total. The third-order valence-electron chi connectivity index (χ3n) is 3.73. The van der Waals surface area contributed by atoms with Crippen molar-refractivity contribution < 1.29 is 18.0 Å². The first-order valence-electron chi connectivity index (χ1n) is 7.62. The Balaban J connectivity index is 1.86. The number of hydrogen-bond acceptors (Lipinski definition) is 4. The molecule has 0 aliphatic rings. The number of aromatic nitrogens is 2.